The van der Waals surface area contributed by atoms with Crippen molar-refractivity contribution in [3.8, 4) is 5.88 Å². The number of carbonyl (C=O) groups is 2. The van der Waals surface area contributed by atoms with Crippen LogP contribution in [0.5, 0.6) is 5.88 Å². The van der Waals surface area contributed by atoms with Crippen LogP contribution >= 0.6 is 0 Å². The number of benzene rings is 1. The third-order valence-corrected chi connectivity index (χ3v) is 4.43. The zero-order valence-corrected chi connectivity index (χ0v) is 12.4. The molecule has 0 N–H and O–H groups in total. The molecule has 2 atom stereocenters. The molecule has 1 unspecified atom stereocenters. The number of hydrogen-bond acceptors (Lipinski definition) is 5. The molecule has 0 fully saturated rings. The highest BCUT2D eigenvalue weighted by molar-refractivity contribution is 6.16. The Balaban J connectivity index is 1.60. The highest BCUT2D eigenvalue weighted by atomic mass is 16.5. The lowest BCUT2D eigenvalue weighted by Gasteiger charge is -2.28. The molecule has 23 heavy (non-hydrogen) atoms. The Morgan fingerprint density at radius 1 is 1.22 bits per heavy atom. The lowest BCUT2D eigenvalue weighted by atomic mass is 9.71. The predicted molar refractivity (Wildman–Crippen MR) is 81.1 cm³/mol. The zero-order valence-electron chi connectivity index (χ0n) is 12.4. The number of rotatable bonds is 3. The van der Waals surface area contributed by atoms with Crippen molar-refractivity contribution < 1.29 is 18.8 Å². The van der Waals surface area contributed by atoms with Gasteiger partial charge in [-0.15, -0.1) is 0 Å². The molecule has 2 aromatic rings. The summed E-state index contributed by atoms with van der Waals surface area (Å²) < 4.78 is 11.0. The smallest absolute Gasteiger partial charge is 0.265 e. The number of aromatic nitrogens is 1. The molecule has 0 amide bonds. The zero-order chi connectivity index (χ0) is 15.8. The van der Waals surface area contributed by atoms with Crippen molar-refractivity contribution in [3.63, 3.8) is 0 Å². The number of Topliss-reactive ketones (excluding diaryl/α,β-unsaturated/α-hetero) is 1. The van der Waals surface area contributed by atoms with Gasteiger partial charge in [0.25, 0.3) is 5.88 Å². The normalized spacial score (nSPS) is 22.6. The van der Waals surface area contributed by atoms with E-state index in [1.807, 2.05) is 36.4 Å². The van der Waals surface area contributed by atoms with Crippen molar-refractivity contribution in [2.24, 2.45) is 11.8 Å². The summed E-state index contributed by atoms with van der Waals surface area (Å²) in [7, 11) is 0. The second-order valence-corrected chi connectivity index (χ2v) is 5.91. The average molecular weight is 309 g/mol. The van der Waals surface area contributed by atoms with E-state index in [2.05, 4.69) is 5.16 Å². The fourth-order valence-electron chi connectivity index (χ4n) is 3.28. The van der Waals surface area contributed by atoms with Crippen molar-refractivity contribution in [2.45, 2.75) is 19.4 Å². The summed E-state index contributed by atoms with van der Waals surface area (Å²) in [4.78, 5) is 24.8. The maximum atomic E-state index is 12.7. The quantitative estimate of drug-likeness (QED) is 0.815. The minimum absolute atomic E-state index is 0.0255. The molecule has 5 heteroatoms. The van der Waals surface area contributed by atoms with Crippen LogP contribution in [-0.4, -0.2) is 16.7 Å². The SMILES string of the molecule is O=C1C=CC[C@H]2Cc3onc(OCc4ccccc4)c3C(=O)C12. The van der Waals surface area contributed by atoms with E-state index < -0.39 is 5.92 Å². The standard InChI is InChI=1S/C18H15NO4/c20-13-8-4-7-12-9-14-16(17(21)15(12)13)18(19-23-14)22-10-11-5-2-1-3-6-11/h1-6,8,12,15H,7,9-10H2/t12-,15?/m0/s1. The summed E-state index contributed by atoms with van der Waals surface area (Å²) in [5.74, 6) is -0.285. The van der Waals surface area contributed by atoms with Gasteiger partial charge in [0.1, 0.15) is 12.2 Å². The summed E-state index contributed by atoms with van der Waals surface area (Å²) in [6, 6.07) is 9.62. The van der Waals surface area contributed by atoms with Crippen molar-refractivity contribution in [3.05, 3.63) is 59.4 Å². The van der Waals surface area contributed by atoms with E-state index in [1.54, 1.807) is 0 Å². The van der Waals surface area contributed by atoms with Crippen molar-refractivity contribution in [1.82, 2.24) is 5.16 Å². The monoisotopic (exact) mass is 309 g/mol. The van der Waals surface area contributed by atoms with Crippen LogP contribution in [0.15, 0.2) is 47.0 Å². The first-order valence-electron chi connectivity index (χ1n) is 7.64. The fourth-order valence-corrected chi connectivity index (χ4v) is 3.28. The molecule has 0 bridgehead atoms. The topological polar surface area (TPSA) is 69.4 Å². The van der Waals surface area contributed by atoms with Crippen LogP contribution < -0.4 is 4.74 Å². The first kappa shape index (κ1) is 13.9. The van der Waals surface area contributed by atoms with Gasteiger partial charge < -0.3 is 9.26 Å². The van der Waals surface area contributed by atoms with E-state index in [9.17, 15) is 9.59 Å². The highest BCUT2D eigenvalue weighted by Crippen LogP contribution is 2.39. The molecular weight excluding hydrogens is 294 g/mol. The maximum absolute atomic E-state index is 12.7. The molecule has 0 aliphatic heterocycles. The molecule has 1 aromatic heterocycles. The summed E-state index contributed by atoms with van der Waals surface area (Å²) in [6.45, 7) is 0.301. The second kappa shape index (κ2) is 5.50. The van der Waals surface area contributed by atoms with Gasteiger partial charge in [0.05, 0.1) is 5.92 Å². The second-order valence-electron chi connectivity index (χ2n) is 5.91. The average Bonchev–Trinajstić information content (AvgIpc) is 2.97. The highest BCUT2D eigenvalue weighted by Gasteiger charge is 2.44. The summed E-state index contributed by atoms with van der Waals surface area (Å²) in [5, 5.41) is 3.90. The van der Waals surface area contributed by atoms with Crippen LogP contribution in [0.3, 0.4) is 0 Å². The lowest BCUT2D eigenvalue weighted by molar-refractivity contribution is -0.118. The number of allylic oxidation sites excluding steroid dienone is 2. The van der Waals surface area contributed by atoms with Crippen LogP contribution in [0, 0.1) is 11.8 Å². The van der Waals surface area contributed by atoms with Crippen molar-refractivity contribution in [2.75, 3.05) is 0 Å². The van der Waals surface area contributed by atoms with Crippen LogP contribution in [0.4, 0.5) is 0 Å². The summed E-state index contributed by atoms with van der Waals surface area (Å²) in [5.41, 5.74) is 1.31. The predicted octanol–water partition coefficient (Wildman–Crippen LogP) is 2.75. The first-order chi connectivity index (χ1) is 11.2. The van der Waals surface area contributed by atoms with Crippen molar-refractivity contribution in [1.29, 1.82) is 0 Å². The summed E-state index contributed by atoms with van der Waals surface area (Å²) >= 11 is 0. The number of nitrogens with zero attached hydrogens (tertiary/aromatic N) is 1. The Morgan fingerprint density at radius 2 is 2.04 bits per heavy atom. The first-order valence-corrected chi connectivity index (χ1v) is 7.64. The van der Waals surface area contributed by atoms with Gasteiger partial charge in [0, 0.05) is 6.42 Å². The largest absolute Gasteiger partial charge is 0.470 e. The van der Waals surface area contributed by atoms with Crippen molar-refractivity contribution >= 4 is 11.6 Å². The molecule has 1 heterocycles. The molecule has 0 saturated heterocycles. The van der Waals surface area contributed by atoms with E-state index in [0.717, 1.165) is 5.56 Å². The van der Waals surface area contributed by atoms with E-state index >= 15 is 0 Å². The Labute approximate surface area is 132 Å². The molecule has 0 spiro atoms. The lowest BCUT2D eigenvalue weighted by Crippen LogP contribution is -2.37. The van der Waals surface area contributed by atoms with Gasteiger partial charge in [0.2, 0.25) is 0 Å². The number of carbonyl (C=O) groups excluding carboxylic acids is 2. The van der Waals surface area contributed by atoms with Crippen LogP contribution in [-0.2, 0) is 17.8 Å². The number of hydrogen-bond donors (Lipinski definition) is 0. The molecule has 4 rings (SSSR count). The van der Waals surface area contributed by atoms with Gasteiger partial charge in [-0.3, -0.25) is 9.59 Å². The molecule has 2 aliphatic rings. The van der Waals surface area contributed by atoms with E-state index in [1.165, 1.54) is 6.08 Å². The van der Waals surface area contributed by atoms with Gasteiger partial charge in [0.15, 0.2) is 17.3 Å². The van der Waals surface area contributed by atoms with Crippen LogP contribution in [0.25, 0.3) is 0 Å². The van der Waals surface area contributed by atoms with Gasteiger partial charge >= 0.3 is 0 Å². The number of fused-ring (bicyclic) bond motifs is 2. The third-order valence-electron chi connectivity index (χ3n) is 4.43. The Kier molecular flexibility index (Phi) is 3.33. The van der Waals surface area contributed by atoms with Crippen LogP contribution in [0.2, 0.25) is 0 Å². The Morgan fingerprint density at radius 3 is 2.87 bits per heavy atom. The maximum Gasteiger partial charge on any atom is 0.265 e. The Hall–Kier alpha value is -2.69. The van der Waals surface area contributed by atoms with E-state index in [-0.39, 0.29) is 23.4 Å². The molecule has 116 valence electrons. The van der Waals surface area contributed by atoms with Gasteiger partial charge in [-0.25, -0.2) is 0 Å². The molecule has 2 aliphatic carbocycles. The van der Waals surface area contributed by atoms with E-state index in [4.69, 9.17) is 9.26 Å². The third kappa shape index (κ3) is 2.38. The molecule has 1 aromatic carbocycles. The molecular formula is C18H15NO4. The fraction of sp³-hybridized carbons (Fsp3) is 0.278. The van der Waals surface area contributed by atoms with Gasteiger partial charge in [-0.05, 0) is 29.1 Å². The van der Waals surface area contributed by atoms with E-state index in [0.29, 0.717) is 30.8 Å². The number of ketones is 2. The van der Waals surface area contributed by atoms with Gasteiger partial charge in [-0.1, -0.05) is 36.4 Å². The van der Waals surface area contributed by atoms with Crippen LogP contribution in [0.1, 0.15) is 28.1 Å². The molecule has 0 saturated carbocycles. The molecule has 0 radical (unpaired) electrons. The summed E-state index contributed by atoms with van der Waals surface area (Å²) in [6.07, 6.45) is 4.58. The Bertz CT molecular complexity index is 791. The molecule has 5 nitrogen and oxygen atoms in total. The van der Waals surface area contributed by atoms with Gasteiger partial charge in [-0.2, -0.15) is 0 Å². The minimum Gasteiger partial charge on any atom is -0.470 e. The minimum atomic E-state index is -0.619. The number of ether oxygens (including phenoxy) is 1.